The first-order valence-corrected chi connectivity index (χ1v) is 4.41. The predicted molar refractivity (Wildman–Crippen MR) is 52.2 cm³/mol. The van der Waals surface area contributed by atoms with Gasteiger partial charge in [0.15, 0.2) is 6.61 Å². The van der Waals surface area contributed by atoms with Crippen molar-refractivity contribution in [3.63, 3.8) is 0 Å². The van der Waals surface area contributed by atoms with E-state index in [1.807, 2.05) is 5.48 Å². The van der Waals surface area contributed by atoms with Crippen molar-refractivity contribution in [1.82, 2.24) is 5.48 Å². The van der Waals surface area contributed by atoms with Crippen molar-refractivity contribution in [2.45, 2.75) is 6.92 Å². The summed E-state index contributed by atoms with van der Waals surface area (Å²) in [6, 6.07) is 4.06. The number of aryl methyl sites for hydroxylation is 1. The zero-order valence-electron chi connectivity index (χ0n) is 8.49. The molecule has 86 valence electrons. The molecule has 0 heterocycles. The number of hydrogen-bond donors (Lipinski definition) is 2. The van der Waals surface area contributed by atoms with Gasteiger partial charge in [0, 0.05) is 0 Å². The summed E-state index contributed by atoms with van der Waals surface area (Å²) in [5, 5.41) is 8.24. The smallest absolute Gasteiger partial charge is 0.332 e. The van der Waals surface area contributed by atoms with E-state index in [-0.39, 0.29) is 5.56 Å². The number of nitrogens with one attached hydrogen (secondary N) is 1. The summed E-state index contributed by atoms with van der Waals surface area (Å²) in [4.78, 5) is 25.7. The molecule has 0 bridgehead atoms. The van der Waals surface area contributed by atoms with Crippen LogP contribution in [0.4, 0.5) is 4.39 Å². The number of benzene rings is 1. The van der Waals surface area contributed by atoms with Gasteiger partial charge in [-0.3, -0.25) is 9.63 Å². The molecular formula is C10H10FNO4. The van der Waals surface area contributed by atoms with Crippen LogP contribution in [0, 0.1) is 12.7 Å². The lowest BCUT2D eigenvalue weighted by molar-refractivity contribution is -0.144. The molecule has 1 amide bonds. The van der Waals surface area contributed by atoms with Gasteiger partial charge in [-0.25, -0.2) is 14.7 Å². The Morgan fingerprint density at radius 2 is 2.19 bits per heavy atom. The SMILES string of the molecule is Cc1ccc(C(=O)NOCC(=O)O)c(F)c1. The average molecular weight is 227 g/mol. The molecule has 0 aliphatic rings. The summed E-state index contributed by atoms with van der Waals surface area (Å²) in [6.45, 7) is 1.00. The summed E-state index contributed by atoms with van der Waals surface area (Å²) < 4.78 is 13.3. The van der Waals surface area contributed by atoms with Crippen LogP contribution in [-0.4, -0.2) is 23.6 Å². The molecule has 1 aromatic carbocycles. The molecule has 2 N–H and O–H groups in total. The molecule has 0 saturated heterocycles. The van der Waals surface area contributed by atoms with Gasteiger partial charge >= 0.3 is 5.97 Å². The predicted octanol–water partition coefficient (Wildman–Crippen LogP) is 0.880. The van der Waals surface area contributed by atoms with Crippen molar-refractivity contribution < 1.29 is 23.9 Å². The topological polar surface area (TPSA) is 75.6 Å². The molecule has 1 rings (SSSR count). The number of hydroxylamine groups is 1. The molecule has 0 aliphatic heterocycles. The molecule has 16 heavy (non-hydrogen) atoms. The van der Waals surface area contributed by atoms with Crippen LogP contribution < -0.4 is 5.48 Å². The second kappa shape index (κ2) is 5.22. The van der Waals surface area contributed by atoms with E-state index in [4.69, 9.17) is 5.11 Å². The number of carboxylic acids is 1. The Hall–Kier alpha value is -1.95. The van der Waals surface area contributed by atoms with Gasteiger partial charge in [-0.2, -0.15) is 0 Å². The standard InChI is InChI=1S/C10H10FNO4/c1-6-2-3-7(8(11)4-6)10(15)12-16-5-9(13)14/h2-4H,5H2,1H3,(H,12,15)(H,13,14). The fourth-order valence-corrected chi connectivity index (χ4v) is 1.02. The lowest BCUT2D eigenvalue weighted by Gasteiger charge is -2.05. The van der Waals surface area contributed by atoms with Crippen molar-refractivity contribution in [1.29, 1.82) is 0 Å². The van der Waals surface area contributed by atoms with Gasteiger partial charge < -0.3 is 5.11 Å². The van der Waals surface area contributed by atoms with Crippen LogP contribution in [0.2, 0.25) is 0 Å². The molecule has 0 aromatic heterocycles. The van der Waals surface area contributed by atoms with E-state index in [1.165, 1.54) is 12.1 Å². The van der Waals surface area contributed by atoms with Gasteiger partial charge in [0.1, 0.15) is 5.82 Å². The van der Waals surface area contributed by atoms with E-state index in [1.54, 1.807) is 13.0 Å². The maximum Gasteiger partial charge on any atom is 0.332 e. The highest BCUT2D eigenvalue weighted by Crippen LogP contribution is 2.09. The number of carbonyl (C=O) groups is 2. The van der Waals surface area contributed by atoms with Crippen molar-refractivity contribution >= 4 is 11.9 Å². The number of rotatable bonds is 4. The largest absolute Gasteiger partial charge is 0.479 e. The summed E-state index contributed by atoms with van der Waals surface area (Å²) >= 11 is 0. The average Bonchev–Trinajstić information content (AvgIpc) is 2.16. The number of amides is 1. The molecule has 0 radical (unpaired) electrons. The monoisotopic (exact) mass is 227 g/mol. The Kier molecular flexibility index (Phi) is 3.96. The molecule has 0 saturated carbocycles. The molecule has 6 heteroatoms. The zero-order valence-corrected chi connectivity index (χ0v) is 8.49. The molecule has 1 aromatic rings. The first kappa shape index (κ1) is 12.1. The third-order valence-electron chi connectivity index (χ3n) is 1.73. The Labute approximate surface area is 90.8 Å². The maximum atomic E-state index is 13.3. The van der Waals surface area contributed by atoms with Crippen LogP contribution in [0.15, 0.2) is 18.2 Å². The normalized spacial score (nSPS) is 9.88. The summed E-state index contributed by atoms with van der Waals surface area (Å²) in [6.07, 6.45) is 0. The summed E-state index contributed by atoms with van der Waals surface area (Å²) in [5.74, 6) is -2.74. The zero-order chi connectivity index (χ0) is 12.1. The minimum absolute atomic E-state index is 0.198. The molecule has 0 atom stereocenters. The number of halogens is 1. The number of hydrogen-bond acceptors (Lipinski definition) is 3. The van der Waals surface area contributed by atoms with Gasteiger partial charge in [0.05, 0.1) is 5.56 Å². The third-order valence-corrected chi connectivity index (χ3v) is 1.73. The van der Waals surface area contributed by atoms with E-state index < -0.39 is 24.3 Å². The molecule has 0 fully saturated rings. The highest BCUT2D eigenvalue weighted by molar-refractivity contribution is 5.93. The Morgan fingerprint density at radius 1 is 1.50 bits per heavy atom. The second-order valence-corrected chi connectivity index (χ2v) is 3.10. The fourth-order valence-electron chi connectivity index (χ4n) is 1.02. The molecule has 0 spiro atoms. The van der Waals surface area contributed by atoms with Crippen LogP contribution in [0.5, 0.6) is 0 Å². The van der Waals surface area contributed by atoms with E-state index in [0.717, 1.165) is 0 Å². The first-order valence-electron chi connectivity index (χ1n) is 4.41. The lowest BCUT2D eigenvalue weighted by Crippen LogP contribution is -2.27. The molecular weight excluding hydrogens is 217 g/mol. The van der Waals surface area contributed by atoms with Crippen LogP contribution >= 0.6 is 0 Å². The van der Waals surface area contributed by atoms with Gasteiger partial charge in [-0.15, -0.1) is 0 Å². The maximum absolute atomic E-state index is 13.3. The van der Waals surface area contributed by atoms with Crippen molar-refractivity contribution in [3.05, 3.63) is 35.1 Å². The number of aliphatic carboxylic acids is 1. The molecule has 0 aliphatic carbocycles. The van der Waals surface area contributed by atoms with Crippen LogP contribution in [-0.2, 0) is 9.63 Å². The van der Waals surface area contributed by atoms with E-state index >= 15 is 0 Å². The lowest BCUT2D eigenvalue weighted by atomic mass is 10.1. The van der Waals surface area contributed by atoms with Gasteiger partial charge in [-0.1, -0.05) is 6.07 Å². The van der Waals surface area contributed by atoms with Crippen LogP contribution in [0.3, 0.4) is 0 Å². The first-order chi connectivity index (χ1) is 7.50. The van der Waals surface area contributed by atoms with Gasteiger partial charge in [0.25, 0.3) is 5.91 Å². The molecule has 5 nitrogen and oxygen atoms in total. The van der Waals surface area contributed by atoms with Crippen LogP contribution in [0.1, 0.15) is 15.9 Å². The fraction of sp³-hybridized carbons (Fsp3) is 0.200. The highest BCUT2D eigenvalue weighted by Gasteiger charge is 2.11. The van der Waals surface area contributed by atoms with Crippen molar-refractivity contribution in [2.75, 3.05) is 6.61 Å². The minimum atomic E-state index is -1.23. The van der Waals surface area contributed by atoms with Crippen LogP contribution in [0.25, 0.3) is 0 Å². The quantitative estimate of drug-likeness (QED) is 0.748. The Balaban J connectivity index is 2.63. The second-order valence-electron chi connectivity index (χ2n) is 3.10. The minimum Gasteiger partial charge on any atom is -0.479 e. The van der Waals surface area contributed by atoms with Crippen molar-refractivity contribution in [3.8, 4) is 0 Å². The number of carboxylic acid groups (broad SMARTS) is 1. The Bertz CT molecular complexity index is 419. The van der Waals surface area contributed by atoms with Gasteiger partial charge in [-0.05, 0) is 24.6 Å². The Morgan fingerprint density at radius 3 is 2.75 bits per heavy atom. The van der Waals surface area contributed by atoms with E-state index in [2.05, 4.69) is 4.84 Å². The number of carbonyl (C=O) groups excluding carboxylic acids is 1. The van der Waals surface area contributed by atoms with Gasteiger partial charge in [0.2, 0.25) is 0 Å². The van der Waals surface area contributed by atoms with E-state index in [0.29, 0.717) is 5.56 Å². The third kappa shape index (κ3) is 3.32. The summed E-state index contributed by atoms with van der Waals surface area (Å²) in [5.41, 5.74) is 2.31. The summed E-state index contributed by atoms with van der Waals surface area (Å²) in [7, 11) is 0. The highest BCUT2D eigenvalue weighted by atomic mass is 19.1. The van der Waals surface area contributed by atoms with E-state index in [9.17, 15) is 14.0 Å². The molecule has 0 unspecified atom stereocenters. The van der Waals surface area contributed by atoms with Crippen molar-refractivity contribution in [2.24, 2.45) is 0 Å².